The fourth-order valence-electron chi connectivity index (χ4n) is 6.66. The van der Waals surface area contributed by atoms with Gasteiger partial charge in [0, 0.05) is 11.8 Å². The molecule has 3 aromatic carbocycles. The second-order valence-corrected chi connectivity index (χ2v) is 9.60. The predicted octanol–water partition coefficient (Wildman–Crippen LogP) is 4.32. The molecule has 2 aliphatic carbocycles. The number of benzene rings is 3. The molecule has 6 atom stereocenters. The van der Waals surface area contributed by atoms with Crippen molar-refractivity contribution in [3.8, 4) is 0 Å². The molecule has 2 amide bonds. The highest BCUT2D eigenvalue weighted by molar-refractivity contribution is 6.23. The van der Waals surface area contributed by atoms with E-state index in [0.717, 1.165) is 28.5 Å². The van der Waals surface area contributed by atoms with Crippen LogP contribution >= 0.6 is 0 Å². The lowest BCUT2D eigenvalue weighted by Gasteiger charge is -2.29. The molecule has 0 unspecified atom stereocenters. The second-order valence-electron chi connectivity index (χ2n) is 9.60. The van der Waals surface area contributed by atoms with Gasteiger partial charge in [-0.3, -0.25) is 14.5 Å². The van der Waals surface area contributed by atoms with E-state index in [4.69, 9.17) is 4.84 Å². The lowest BCUT2D eigenvalue weighted by Crippen LogP contribution is -2.41. The van der Waals surface area contributed by atoms with Crippen LogP contribution in [0.5, 0.6) is 0 Å². The van der Waals surface area contributed by atoms with Crippen LogP contribution in [-0.4, -0.2) is 23.6 Å². The molecular formula is C27H22N2O3. The Morgan fingerprint density at radius 3 is 2.34 bits per heavy atom. The Hall–Kier alpha value is -3.47. The molecule has 4 aliphatic rings. The molecular weight excluding hydrogens is 400 g/mol. The number of rotatable bonds is 2. The molecule has 0 radical (unpaired) electrons. The Kier molecular flexibility index (Phi) is 3.56. The highest BCUT2D eigenvalue weighted by atomic mass is 16.6. The first-order valence-corrected chi connectivity index (χ1v) is 11.3. The van der Waals surface area contributed by atoms with E-state index in [1.54, 1.807) is 0 Å². The number of oxime groups is 1. The Morgan fingerprint density at radius 2 is 1.56 bits per heavy atom. The van der Waals surface area contributed by atoms with Crippen LogP contribution in [-0.2, 0) is 14.4 Å². The van der Waals surface area contributed by atoms with E-state index in [9.17, 15) is 9.59 Å². The van der Waals surface area contributed by atoms with Crippen molar-refractivity contribution >= 4 is 34.0 Å². The molecule has 2 aliphatic heterocycles. The van der Waals surface area contributed by atoms with Crippen LogP contribution in [0.3, 0.4) is 0 Å². The van der Waals surface area contributed by atoms with Crippen LogP contribution in [0.4, 0.5) is 5.69 Å². The topological polar surface area (TPSA) is 59.0 Å². The molecule has 5 nitrogen and oxygen atoms in total. The summed E-state index contributed by atoms with van der Waals surface area (Å²) in [7, 11) is 0. The van der Waals surface area contributed by atoms with E-state index >= 15 is 0 Å². The van der Waals surface area contributed by atoms with Gasteiger partial charge in [-0.15, -0.1) is 0 Å². The van der Waals surface area contributed by atoms with Gasteiger partial charge in [-0.1, -0.05) is 65.3 Å². The summed E-state index contributed by atoms with van der Waals surface area (Å²) in [5.41, 5.74) is 3.85. The third-order valence-corrected chi connectivity index (χ3v) is 8.03. The largest absolute Gasteiger partial charge is 0.391 e. The summed E-state index contributed by atoms with van der Waals surface area (Å²) < 4.78 is 0. The average molecular weight is 422 g/mol. The summed E-state index contributed by atoms with van der Waals surface area (Å²) in [6.07, 6.45) is 0.754. The van der Waals surface area contributed by atoms with Crippen molar-refractivity contribution in [2.24, 2.45) is 34.7 Å². The number of carbonyl (C=O) groups excluding carboxylic acids is 2. The number of nitrogens with zero attached hydrogens (tertiary/aromatic N) is 2. The molecule has 3 aromatic rings. The summed E-state index contributed by atoms with van der Waals surface area (Å²) >= 11 is 0. The maximum Gasteiger partial charge on any atom is 0.238 e. The molecule has 7 rings (SSSR count). The second kappa shape index (κ2) is 6.28. The molecule has 158 valence electrons. The highest BCUT2D eigenvalue weighted by Crippen LogP contribution is 2.62. The minimum Gasteiger partial charge on any atom is -0.391 e. The minimum atomic E-state index is -0.298. The Morgan fingerprint density at radius 1 is 0.844 bits per heavy atom. The first-order chi connectivity index (χ1) is 15.6. The maximum absolute atomic E-state index is 13.6. The third kappa shape index (κ3) is 2.26. The number of fused-ring (bicyclic) bond motifs is 9. The van der Waals surface area contributed by atoms with Gasteiger partial charge in [0.2, 0.25) is 11.8 Å². The summed E-state index contributed by atoms with van der Waals surface area (Å²) in [5.74, 6) is -0.490. The first-order valence-electron chi connectivity index (χ1n) is 11.3. The monoisotopic (exact) mass is 422 g/mol. The van der Waals surface area contributed by atoms with Gasteiger partial charge in [0.25, 0.3) is 0 Å². The van der Waals surface area contributed by atoms with E-state index in [0.29, 0.717) is 5.69 Å². The standard InChI is InChI=1S/C27H22N2O3/c1-14-6-8-16(9-7-14)24-23-19-13-20(25(23)32-28-24)22-21(19)26(30)29(27(22)31)18-11-10-15-4-2-3-5-17(15)12-18/h2-12,19-23,25H,13H2,1H3/t19-,20+,21-,22+,23-,25-/m1/s1. The summed E-state index contributed by atoms with van der Waals surface area (Å²) in [6.45, 7) is 2.06. The van der Waals surface area contributed by atoms with Gasteiger partial charge in [-0.2, -0.15) is 0 Å². The SMILES string of the molecule is Cc1ccc(C2=NO[C@@H]3[C@H]4C[C@H]([C@H]5C(=O)N(c6ccc7ccccc7c6)C(=O)[C@@H]45)[C@H]23)cc1. The van der Waals surface area contributed by atoms with Crippen LogP contribution in [0.2, 0.25) is 0 Å². The van der Waals surface area contributed by atoms with Crippen LogP contribution in [0, 0.1) is 36.5 Å². The fraction of sp³-hybridized carbons (Fsp3) is 0.296. The van der Waals surface area contributed by atoms with E-state index in [1.807, 2.05) is 42.5 Å². The molecule has 2 bridgehead atoms. The number of aryl methyl sites for hydroxylation is 1. The number of anilines is 1. The lowest BCUT2D eigenvalue weighted by molar-refractivity contribution is -0.125. The number of hydrogen-bond acceptors (Lipinski definition) is 4. The minimum absolute atomic E-state index is 0.0450. The third-order valence-electron chi connectivity index (χ3n) is 8.03. The van der Waals surface area contributed by atoms with Crippen molar-refractivity contribution in [2.45, 2.75) is 19.4 Å². The Labute approximate surface area is 185 Å². The Bertz CT molecular complexity index is 1330. The van der Waals surface area contributed by atoms with E-state index in [1.165, 1.54) is 10.5 Å². The van der Waals surface area contributed by atoms with Gasteiger partial charge in [0.15, 0.2) is 0 Å². The number of hydrogen-bond donors (Lipinski definition) is 0. The van der Waals surface area contributed by atoms with Crippen LogP contribution in [0.25, 0.3) is 10.8 Å². The van der Waals surface area contributed by atoms with Gasteiger partial charge in [0.1, 0.15) is 6.10 Å². The average Bonchev–Trinajstić information content (AvgIpc) is 3.54. The van der Waals surface area contributed by atoms with Crippen molar-refractivity contribution < 1.29 is 14.4 Å². The van der Waals surface area contributed by atoms with Gasteiger partial charge in [-0.25, -0.2) is 0 Å². The number of imide groups is 1. The zero-order valence-corrected chi connectivity index (χ0v) is 17.6. The Balaban J connectivity index is 1.25. The smallest absolute Gasteiger partial charge is 0.238 e. The van der Waals surface area contributed by atoms with E-state index in [-0.39, 0.29) is 47.5 Å². The first kappa shape index (κ1) is 18.1. The van der Waals surface area contributed by atoms with Crippen LogP contribution in [0.15, 0.2) is 71.9 Å². The zero-order chi connectivity index (χ0) is 21.6. The molecule has 0 N–H and O–H groups in total. The van der Waals surface area contributed by atoms with Gasteiger partial charge < -0.3 is 4.84 Å². The van der Waals surface area contributed by atoms with Crippen LogP contribution in [0.1, 0.15) is 17.5 Å². The highest BCUT2D eigenvalue weighted by Gasteiger charge is 2.70. The molecule has 0 aromatic heterocycles. The molecule has 2 saturated carbocycles. The van der Waals surface area contributed by atoms with E-state index < -0.39 is 0 Å². The van der Waals surface area contributed by atoms with Gasteiger partial charge in [0.05, 0.1) is 23.2 Å². The van der Waals surface area contributed by atoms with Crippen LogP contribution < -0.4 is 4.90 Å². The summed E-state index contributed by atoms with van der Waals surface area (Å²) in [6, 6.07) is 22.1. The molecule has 5 heteroatoms. The van der Waals surface area contributed by atoms with Crippen molar-refractivity contribution in [1.82, 2.24) is 0 Å². The quantitative estimate of drug-likeness (QED) is 0.578. The summed E-state index contributed by atoms with van der Waals surface area (Å²) in [5, 5.41) is 6.55. The summed E-state index contributed by atoms with van der Waals surface area (Å²) in [4.78, 5) is 34.5. The van der Waals surface area contributed by atoms with Crippen molar-refractivity contribution in [1.29, 1.82) is 0 Å². The van der Waals surface area contributed by atoms with E-state index in [2.05, 4.69) is 36.3 Å². The van der Waals surface area contributed by atoms with Crippen molar-refractivity contribution in [2.75, 3.05) is 4.90 Å². The van der Waals surface area contributed by atoms with Gasteiger partial charge >= 0.3 is 0 Å². The molecule has 2 heterocycles. The number of carbonyl (C=O) groups is 2. The molecule has 32 heavy (non-hydrogen) atoms. The lowest BCUT2D eigenvalue weighted by atomic mass is 9.71. The molecule has 1 saturated heterocycles. The molecule has 3 fully saturated rings. The normalized spacial score (nSPS) is 32.3. The van der Waals surface area contributed by atoms with Crippen molar-refractivity contribution in [3.05, 3.63) is 77.9 Å². The maximum atomic E-state index is 13.6. The van der Waals surface area contributed by atoms with Gasteiger partial charge in [-0.05, 0) is 47.7 Å². The zero-order valence-electron chi connectivity index (χ0n) is 17.6. The fourth-order valence-corrected chi connectivity index (χ4v) is 6.66. The number of amides is 2. The van der Waals surface area contributed by atoms with Crippen molar-refractivity contribution in [3.63, 3.8) is 0 Å². The predicted molar refractivity (Wildman–Crippen MR) is 121 cm³/mol. The molecule has 0 spiro atoms.